The van der Waals surface area contributed by atoms with E-state index in [1.165, 1.54) is 13.2 Å². The number of hydrogen-bond acceptors (Lipinski definition) is 3. The third-order valence-electron chi connectivity index (χ3n) is 3.04. The average Bonchev–Trinajstić information content (AvgIpc) is 3.21. The molecule has 1 aliphatic carbocycles. The summed E-state index contributed by atoms with van der Waals surface area (Å²) in [4.78, 5) is 13.6. The molecule has 0 saturated heterocycles. The van der Waals surface area contributed by atoms with Gasteiger partial charge in [0.25, 0.3) is 0 Å². The number of ether oxygens (including phenoxy) is 1. The zero-order valence-corrected chi connectivity index (χ0v) is 10.4. The van der Waals surface area contributed by atoms with Crippen LogP contribution in [0, 0.1) is 0 Å². The minimum Gasteiger partial charge on any atom is -0.504 e. The van der Waals surface area contributed by atoms with Gasteiger partial charge in [0.2, 0.25) is 5.91 Å². The van der Waals surface area contributed by atoms with E-state index in [2.05, 4.69) is 6.58 Å². The fourth-order valence-corrected chi connectivity index (χ4v) is 1.91. The van der Waals surface area contributed by atoms with E-state index in [0.29, 0.717) is 18.3 Å². The molecule has 1 aromatic carbocycles. The number of nitrogens with zero attached hydrogens (tertiary/aromatic N) is 1. The molecule has 1 saturated carbocycles. The van der Waals surface area contributed by atoms with Crippen LogP contribution in [0.3, 0.4) is 0 Å². The maximum Gasteiger partial charge on any atom is 0.246 e. The van der Waals surface area contributed by atoms with E-state index in [-0.39, 0.29) is 11.7 Å². The fourth-order valence-electron chi connectivity index (χ4n) is 1.91. The van der Waals surface area contributed by atoms with Gasteiger partial charge in [0.05, 0.1) is 7.11 Å². The topological polar surface area (TPSA) is 49.8 Å². The van der Waals surface area contributed by atoms with Crippen molar-refractivity contribution in [1.82, 2.24) is 4.90 Å². The number of phenolic OH excluding ortho intramolecular Hbond substituents is 1. The summed E-state index contributed by atoms with van der Waals surface area (Å²) in [5.74, 6) is 0.480. The summed E-state index contributed by atoms with van der Waals surface area (Å²) >= 11 is 0. The highest BCUT2D eigenvalue weighted by Gasteiger charge is 2.31. The summed E-state index contributed by atoms with van der Waals surface area (Å²) in [5.41, 5.74) is 0.937. The van der Waals surface area contributed by atoms with Crippen molar-refractivity contribution in [3.8, 4) is 11.5 Å². The number of carbonyl (C=O) groups is 1. The first-order chi connectivity index (χ1) is 8.65. The Hall–Kier alpha value is -1.97. The minimum atomic E-state index is -0.0514. The molecule has 1 aromatic rings. The molecular formula is C14H17NO3. The lowest BCUT2D eigenvalue weighted by Gasteiger charge is -2.21. The third kappa shape index (κ3) is 2.64. The molecule has 1 fully saturated rings. The Labute approximate surface area is 106 Å². The summed E-state index contributed by atoms with van der Waals surface area (Å²) in [7, 11) is 1.51. The SMILES string of the molecule is C=CC(=O)N(Cc1ccc(O)c(OC)c1)C1CC1. The maximum absolute atomic E-state index is 11.7. The van der Waals surface area contributed by atoms with Crippen LogP contribution in [0.5, 0.6) is 11.5 Å². The summed E-state index contributed by atoms with van der Waals surface area (Å²) < 4.78 is 5.06. The molecule has 1 amide bonds. The van der Waals surface area contributed by atoms with Gasteiger partial charge in [-0.3, -0.25) is 4.79 Å². The molecule has 0 aliphatic heterocycles. The first kappa shape index (κ1) is 12.5. The Kier molecular flexibility index (Phi) is 3.55. The van der Waals surface area contributed by atoms with E-state index in [1.807, 2.05) is 0 Å². The van der Waals surface area contributed by atoms with Gasteiger partial charge >= 0.3 is 0 Å². The normalized spacial score (nSPS) is 14.1. The fraction of sp³-hybridized carbons (Fsp3) is 0.357. The van der Waals surface area contributed by atoms with Gasteiger partial charge < -0.3 is 14.7 Å². The second-order valence-electron chi connectivity index (χ2n) is 4.41. The molecular weight excluding hydrogens is 230 g/mol. The molecule has 0 heterocycles. The van der Waals surface area contributed by atoms with E-state index in [4.69, 9.17) is 4.74 Å². The molecule has 96 valence electrons. The van der Waals surface area contributed by atoms with Gasteiger partial charge in [0.1, 0.15) is 0 Å². The summed E-state index contributed by atoms with van der Waals surface area (Å²) in [6.07, 6.45) is 3.44. The lowest BCUT2D eigenvalue weighted by molar-refractivity contribution is -0.127. The van der Waals surface area contributed by atoms with E-state index in [0.717, 1.165) is 18.4 Å². The largest absolute Gasteiger partial charge is 0.504 e. The van der Waals surface area contributed by atoms with Crippen LogP contribution in [0.1, 0.15) is 18.4 Å². The minimum absolute atomic E-state index is 0.0514. The molecule has 0 atom stereocenters. The van der Waals surface area contributed by atoms with Gasteiger partial charge in [-0.25, -0.2) is 0 Å². The highest BCUT2D eigenvalue weighted by molar-refractivity contribution is 5.87. The Morgan fingerprint density at radius 3 is 2.89 bits per heavy atom. The molecule has 4 nitrogen and oxygen atoms in total. The number of rotatable bonds is 5. The standard InChI is InChI=1S/C14H17NO3/c1-3-14(17)15(11-5-6-11)9-10-4-7-12(16)13(8-10)18-2/h3-4,7-8,11,16H,1,5-6,9H2,2H3. The lowest BCUT2D eigenvalue weighted by Crippen LogP contribution is -2.30. The van der Waals surface area contributed by atoms with Crippen molar-refractivity contribution in [2.24, 2.45) is 0 Å². The zero-order valence-electron chi connectivity index (χ0n) is 10.4. The van der Waals surface area contributed by atoms with Crippen molar-refractivity contribution in [2.75, 3.05) is 7.11 Å². The number of amides is 1. The van der Waals surface area contributed by atoms with Crippen LogP contribution in [-0.2, 0) is 11.3 Å². The van der Waals surface area contributed by atoms with Crippen molar-refractivity contribution in [3.63, 3.8) is 0 Å². The Morgan fingerprint density at radius 1 is 1.61 bits per heavy atom. The monoisotopic (exact) mass is 247 g/mol. The predicted octanol–water partition coefficient (Wildman–Crippen LogP) is 2.08. The molecule has 0 radical (unpaired) electrons. The first-order valence-electron chi connectivity index (χ1n) is 5.94. The molecule has 1 N–H and O–H groups in total. The van der Waals surface area contributed by atoms with Crippen LogP contribution in [0.15, 0.2) is 30.9 Å². The number of hydrogen-bond donors (Lipinski definition) is 1. The van der Waals surface area contributed by atoms with Gasteiger partial charge in [0.15, 0.2) is 11.5 Å². The number of methoxy groups -OCH3 is 1. The van der Waals surface area contributed by atoms with Gasteiger partial charge in [-0.15, -0.1) is 0 Å². The molecule has 0 aromatic heterocycles. The summed E-state index contributed by atoms with van der Waals surface area (Å²) in [6, 6.07) is 5.46. The van der Waals surface area contributed by atoms with E-state index in [1.54, 1.807) is 23.1 Å². The number of carbonyl (C=O) groups excluding carboxylic acids is 1. The van der Waals surface area contributed by atoms with Gasteiger partial charge in [-0.2, -0.15) is 0 Å². The maximum atomic E-state index is 11.7. The highest BCUT2D eigenvalue weighted by atomic mass is 16.5. The van der Waals surface area contributed by atoms with Crippen LogP contribution in [-0.4, -0.2) is 29.1 Å². The van der Waals surface area contributed by atoms with Crippen LogP contribution in [0.2, 0.25) is 0 Å². The van der Waals surface area contributed by atoms with Crippen LogP contribution >= 0.6 is 0 Å². The van der Waals surface area contributed by atoms with E-state index < -0.39 is 0 Å². The molecule has 0 unspecified atom stereocenters. The van der Waals surface area contributed by atoms with Crippen molar-refractivity contribution in [1.29, 1.82) is 0 Å². The molecule has 0 bridgehead atoms. The second kappa shape index (κ2) is 5.12. The van der Waals surface area contributed by atoms with Crippen molar-refractivity contribution in [2.45, 2.75) is 25.4 Å². The molecule has 4 heteroatoms. The Balaban J connectivity index is 2.15. The van der Waals surface area contributed by atoms with Crippen LogP contribution in [0.4, 0.5) is 0 Å². The molecule has 2 rings (SSSR count). The number of aromatic hydroxyl groups is 1. The van der Waals surface area contributed by atoms with Crippen LogP contribution < -0.4 is 4.74 Å². The molecule has 18 heavy (non-hydrogen) atoms. The lowest BCUT2D eigenvalue weighted by atomic mass is 10.2. The van der Waals surface area contributed by atoms with Crippen molar-refractivity contribution < 1.29 is 14.6 Å². The van der Waals surface area contributed by atoms with Crippen LogP contribution in [0.25, 0.3) is 0 Å². The summed E-state index contributed by atoms with van der Waals surface area (Å²) in [5, 5.41) is 9.52. The van der Waals surface area contributed by atoms with E-state index in [9.17, 15) is 9.90 Å². The van der Waals surface area contributed by atoms with Crippen molar-refractivity contribution in [3.05, 3.63) is 36.4 Å². The first-order valence-corrected chi connectivity index (χ1v) is 5.94. The third-order valence-corrected chi connectivity index (χ3v) is 3.04. The summed E-state index contributed by atoms with van der Waals surface area (Å²) in [6.45, 7) is 4.05. The van der Waals surface area contributed by atoms with Gasteiger partial charge in [-0.1, -0.05) is 12.6 Å². The van der Waals surface area contributed by atoms with Gasteiger partial charge in [-0.05, 0) is 36.6 Å². The zero-order chi connectivity index (χ0) is 13.1. The smallest absolute Gasteiger partial charge is 0.246 e. The Bertz CT molecular complexity index is 466. The second-order valence-corrected chi connectivity index (χ2v) is 4.41. The van der Waals surface area contributed by atoms with E-state index >= 15 is 0 Å². The number of benzene rings is 1. The Morgan fingerprint density at radius 2 is 2.33 bits per heavy atom. The average molecular weight is 247 g/mol. The quantitative estimate of drug-likeness (QED) is 0.810. The van der Waals surface area contributed by atoms with Gasteiger partial charge in [0, 0.05) is 12.6 Å². The van der Waals surface area contributed by atoms with Crippen molar-refractivity contribution >= 4 is 5.91 Å². The molecule has 1 aliphatic rings. The molecule has 0 spiro atoms. The predicted molar refractivity (Wildman–Crippen MR) is 68.4 cm³/mol. The number of phenols is 1. The highest BCUT2D eigenvalue weighted by Crippen LogP contribution is 2.31.